The van der Waals surface area contributed by atoms with Gasteiger partial charge in [-0.3, -0.25) is 0 Å². The number of para-hydroxylation sites is 1. The molecule has 0 aliphatic carbocycles. The van der Waals surface area contributed by atoms with Crippen LogP contribution in [0.25, 0.3) is 0 Å². The van der Waals surface area contributed by atoms with Crippen LogP contribution in [-0.4, -0.2) is 29.1 Å². The summed E-state index contributed by atoms with van der Waals surface area (Å²) in [6.45, 7) is 7.02. The first-order chi connectivity index (χ1) is 13.6. The molecule has 3 aromatic rings. The highest BCUT2D eigenvalue weighted by atomic mass is 16.5. The summed E-state index contributed by atoms with van der Waals surface area (Å²) in [4.78, 5) is 23.0. The maximum atomic E-state index is 12.2. The van der Waals surface area contributed by atoms with Crippen molar-refractivity contribution in [1.82, 2.24) is 9.97 Å². The van der Waals surface area contributed by atoms with Gasteiger partial charge in [-0.05, 0) is 50.6 Å². The largest absolute Gasteiger partial charge is 0.462 e. The Morgan fingerprint density at radius 2 is 1.89 bits per heavy atom. The first-order valence-corrected chi connectivity index (χ1v) is 9.31. The van der Waals surface area contributed by atoms with Crippen molar-refractivity contribution in [3.63, 3.8) is 0 Å². The van der Waals surface area contributed by atoms with Gasteiger partial charge in [0, 0.05) is 18.3 Å². The fraction of sp³-hybridized carbons (Fsp3) is 0.227. The zero-order chi connectivity index (χ0) is 19.9. The van der Waals surface area contributed by atoms with E-state index in [2.05, 4.69) is 52.2 Å². The number of aryl methyl sites for hydroxylation is 1. The smallest absolute Gasteiger partial charge is 0.340 e. The molecule has 1 N–H and O–H groups in total. The molecule has 6 heteroatoms. The van der Waals surface area contributed by atoms with E-state index in [0.29, 0.717) is 23.7 Å². The average Bonchev–Trinajstić information content (AvgIpc) is 2.70. The molecule has 0 amide bonds. The lowest BCUT2D eigenvalue weighted by Crippen LogP contribution is -2.18. The van der Waals surface area contributed by atoms with Crippen LogP contribution in [0.5, 0.6) is 0 Å². The van der Waals surface area contributed by atoms with Crippen molar-refractivity contribution < 1.29 is 9.53 Å². The highest BCUT2D eigenvalue weighted by molar-refractivity contribution is 5.96. The van der Waals surface area contributed by atoms with Gasteiger partial charge in [-0.15, -0.1) is 0 Å². The maximum absolute atomic E-state index is 12.2. The SMILES string of the molecule is CCOC(=O)c1ccccc1Nc1cc(N(CC)c2cccc(C)c2)ncn1. The molecule has 0 unspecified atom stereocenters. The summed E-state index contributed by atoms with van der Waals surface area (Å²) in [7, 11) is 0. The van der Waals surface area contributed by atoms with Gasteiger partial charge in [0.05, 0.1) is 17.9 Å². The molecule has 0 atom stereocenters. The Balaban J connectivity index is 1.89. The van der Waals surface area contributed by atoms with Crippen molar-refractivity contribution in [2.75, 3.05) is 23.4 Å². The standard InChI is InChI=1S/C22H24N4O2/c1-4-26(17-10-8-9-16(3)13-17)21-14-20(23-15-24-21)25-19-12-7-6-11-18(19)22(27)28-5-2/h6-15H,4-5H2,1-3H3,(H,23,24,25). The van der Waals surface area contributed by atoms with Gasteiger partial charge in [0.2, 0.25) is 0 Å². The lowest BCUT2D eigenvalue weighted by Gasteiger charge is -2.23. The predicted molar refractivity (Wildman–Crippen MR) is 112 cm³/mol. The van der Waals surface area contributed by atoms with Gasteiger partial charge in [0.25, 0.3) is 0 Å². The molecule has 0 aliphatic rings. The molecule has 1 aromatic heterocycles. The van der Waals surface area contributed by atoms with Crippen molar-refractivity contribution >= 4 is 29.0 Å². The Kier molecular flexibility index (Phi) is 6.22. The topological polar surface area (TPSA) is 67.3 Å². The number of aromatic nitrogens is 2. The van der Waals surface area contributed by atoms with Gasteiger partial charge in [0.1, 0.15) is 18.0 Å². The minimum absolute atomic E-state index is 0.326. The number of hydrogen-bond donors (Lipinski definition) is 1. The van der Waals surface area contributed by atoms with E-state index in [4.69, 9.17) is 4.74 Å². The van der Waals surface area contributed by atoms with E-state index in [1.165, 1.54) is 11.9 Å². The molecule has 3 rings (SSSR count). The number of hydrogen-bond acceptors (Lipinski definition) is 6. The Morgan fingerprint density at radius 3 is 2.64 bits per heavy atom. The number of nitrogens with zero attached hydrogens (tertiary/aromatic N) is 3. The van der Waals surface area contributed by atoms with Crippen LogP contribution in [-0.2, 0) is 4.74 Å². The van der Waals surface area contributed by atoms with Crippen LogP contribution in [0.15, 0.2) is 60.9 Å². The highest BCUT2D eigenvalue weighted by Gasteiger charge is 2.14. The van der Waals surface area contributed by atoms with Crippen molar-refractivity contribution in [2.24, 2.45) is 0 Å². The van der Waals surface area contributed by atoms with Crippen LogP contribution in [0.3, 0.4) is 0 Å². The van der Waals surface area contributed by atoms with Crippen LogP contribution >= 0.6 is 0 Å². The number of nitrogens with one attached hydrogen (secondary N) is 1. The fourth-order valence-electron chi connectivity index (χ4n) is 2.95. The molecule has 0 saturated carbocycles. The first-order valence-electron chi connectivity index (χ1n) is 9.31. The zero-order valence-corrected chi connectivity index (χ0v) is 16.3. The van der Waals surface area contributed by atoms with Crippen molar-refractivity contribution in [2.45, 2.75) is 20.8 Å². The first kappa shape index (κ1) is 19.4. The average molecular weight is 376 g/mol. The van der Waals surface area contributed by atoms with Gasteiger partial charge in [-0.2, -0.15) is 0 Å². The quantitative estimate of drug-likeness (QED) is 0.594. The summed E-state index contributed by atoms with van der Waals surface area (Å²) >= 11 is 0. The minimum Gasteiger partial charge on any atom is -0.462 e. The predicted octanol–water partition coefficient (Wildman–Crippen LogP) is 4.86. The Labute approximate surface area is 165 Å². The van der Waals surface area contributed by atoms with Crippen LogP contribution < -0.4 is 10.2 Å². The van der Waals surface area contributed by atoms with E-state index in [-0.39, 0.29) is 5.97 Å². The van der Waals surface area contributed by atoms with Gasteiger partial charge >= 0.3 is 5.97 Å². The molecular weight excluding hydrogens is 352 g/mol. The lowest BCUT2D eigenvalue weighted by atomic mass is 10.2. The molecule has 6 nitrogen and oxygen atoms in total. The molecule has 0 bridgehead atoms. The van der Waals surface area contributed by atoms with Crippen molar-refractivity contribution in [3.05, 3.63) is 72.1 Å². The summed E-state index contributed by atoms with van der Waals surface area (Å²) in [5.74, 6) is 1.02. The van der Waals surface area contributed by atoms with E-state index < -0.39 is 0 Å². The normalized spacial score (nSPS) is 10.4. The number of anilines is 4. The van der Waals surface area contributed by atoms with Crippen LogP contribution in [0, 0.1) is 6.92 Å². The third-order valence-electron chi connectivity index (χ3n) is 4.24. The third-order valence-corrected chi connectivity index (χ3v) is 4.24. The summed E-state index contributed by atoms with van der Waals surface area (Å²) in [6.07, 6.45) is 1.52. The van der Waals surface area contributed by atoms with Crippen LogP contribution in [0.4, 0.5) is 23.0 Å². The number of benzene rings is 2. The summed E-state index contributed by atoms with van der Waals surface area (Å²) < 4.78 is 5.13. The molecule has 0 fully saturated rings. The van der Waals surface area contributed by atoms with Gasteiger partial charge < -0.3 is 15.0 Å². The number of carbonyl (C=O) groups is 1. The molecule has 2 aromatic carbocycles. The molecule has 0 spiro atoms. The Bertz CT molecular complexity index is 959. The highest BCUT2D eigenvalue weighted by Crippen LogP contribution is 2.27. The van der Waals surface area contributed by atoms with E-state index in [9.17, 15) is 4.79 Å². The number of rotatable bonds is 7. The molecule has 144 valence electrons. The minimum atomic E-state index is -0.366. The summed E-state index contributed by atoms with van der Waals surface area (Å²) in [6, 6.07) is 17.4. The van der Waals surface area contributed by atoms with E-state index in [1.807, 2.05) is 24.3 Å². The Hall–Kier alpha value is -3.41. The number of ether oxygens (including phenoxy) is 1. The van der Waals surface area contributed by atoms with E-state index in [0.717, 1.165) is 18.1 Å². The number of esters is 1. The van der Waals surface area contributed by atoms with Gasteiger partial charge in [0.15, 0.2) is 0 Å². The fourth-order valence-corrected chi connectivity index (χ4v) is 2.95. The van der Waals surface area contributed by atoms with E-state index >= 15 is 0 Å². The molecule has 1 heterocycles. The molecule has 0 saturated heterocycles. The molecular formula is C22H24N4O2. The monoisotopic (exact) mass is 376 g/mol. The van der Waals surface area contributed by atoms with Gasteiger partial charge in [-0.25, -0.2) is 14.8 Å². The lowest BCUT2D eigenvalue weighted by molar-refractivity contribution is 0.0527. The molecule has 0 aliphatic heterocycles. The third kappa shape index (κ3) is 4.46. The second-order valence-corrected chi connectivity index (χ2v) is 6.24. The summed E-state index contributed by atoms with van der Waals surface area (Å²) in [5.41, 5.74) is 3.37. The van der Waals surface area contributed by atoms with Crippen molar-refractivity contribution in [1.29, 1.82) is 0 Å². The number of carbonyl (C=O) groups excluding carboxylic acids is 1. The molecule has 28 heavy (non-hydrogen) atoms. The summed E-state index contributed by atoms with van der Waals surface area (Å²) in [5, 5.41) is 3.22. The Morgan fingerprint density at radius 1 is 1.07 bits per heavy atom. The zero-order valence-electron chi connectivity index (χ0n) is 16.3. The second kappa shape index (κ2) is 8.99. The van der Waals surface area contributed by atoms with Crippen LogP contribution in [0.1, 0.15) is 29.8 Å². The van der Waals surface area contributed by atoms with Gasteiger partial charge in [-0.1, -0.05) is 24.3 Å². The van der Waals surface area contributed by atoms with Crippen molar-refractivity contribution in [3.8, 4) is 0 Å². The van der Waals surface area contributed by atoms with Crippen LogP contribution in [0.2, 0.25) is 0 Å². The maximum Gasteiger partial charge on any atom is 0.340 e. The van der Waals surface area contributed by atoms with E-state index in [1.54, 1.807) is 19.1 Å². The molecule has 0 radical (unpaired) electrons. The second-order valence-electron chi connectivity index (χ2n) is 6.24.